The highest BCUT2D eigenvalue weighted by Crippen LogP contribution is 2.66. The van der Waals surface area contributed by atoms with Gasteiger partial charge in [0.2, 0.25) is 23.1 Å². The summed E-state index contributed by atoms with van der Waals surface area (Å²) in [6, 6.07) is 0. The smallest absolute Gasteiger partial charge is 0.320 e. The number of hydrogen-bond acceptors (Lipinski definition) is 26. The van der Waals surface area contributed by atoms with E-state index in [1.807, 2.05) is 27.7 Å². The number of carbonyl (C=O) groups is 4. The zero-order valence-electron chi connectivity index (χ0n) is 63.8. The molecule has 16 heterocycles. The van der Waals surface area contributed by atoms with Crippen LogP contribution in [0.1, 0.15) is 212 Å². The molecule has 586 valence electrons. The van der Waals surface area contributed by atoms with Crippen LogP contribution in [-0.4, -0.2) is 195 Å². The van der Waals surface area contributed by atoms with E-state index in [0.717, 1.165) is 77.0 Å². The fourth-order valence-corrected chi connectivity index (χ4v) is 24.0. The minimum absolute atomic E-state index is 0.0350. The second kappa shape index (κ2) is 28.7. The summed E-state index contributed by atoms with van der Waals surface area (Å²) in [6.07, 6.45) is 12.2. The summed E-state index contributed by atoms with van der Waals surface area (Å²) in [5, 5.41) is 0. The first-order chi connectivity index (χ1) is 49.7. The molecule has 4 saturated carbocycles. The maximum Gasteiger partial charge on any atom is 0.320 e. The van der Waals surface area contributed by atoms with Crippen LogP contribution < -0.4 is 0 Å². The normalized spacial score (nSPS) is 50.6. The third kappa shape index (κ3) is 13.1. The number of esters is 4. The molecule has 20 fully saturated rings. The molecule has 16 aliphatic heterocycles. The molecule has 104 heavy (non-hydrogen) atoms. The number of rotatable bonds is 23. The number of carbonyl (C=O) groups excluding carboxylic acids is 4. The van der Waals surface area contributed by atoms with Gasteiger partial charge in [0.25, 0.3) is 0 Å². The summed E-state index contributed by atoms with van der Waals surface area (Å²) < 4.78 is 78.3. The maximum atomic E-state index is 14.4. The molecule has 0 amide bonds. The van der Waals surface area contributed by atoms with Gasteiger partial charge >= 0.3 is 23.9 Å². The molecule has 0 radical (unpaired) electrons. The van der Waals surface area contributed by atoms with Gasteiger partial charge in [-0.1, -0.05) is 55.4 Å². The molecule has 16 saturated heterocycles. The molecule has 20 aliphatic rings. The van der Waals surface area contributed by atoms with Crippen molar-refractivity contribution in [3.63, 3.8) is 0 Å². The Morgan fingerprint density at radius 2 is 0.529 bits per heavy atom. The summed E-state index contributed by atoms with van der Waals surface area (Å²) in [7, 11) is 0. The van der Waals surface area contributed by atoms with E-state index in [1.165, 1.54) is 0 Å². The molecular formula is C78H120N2O24. The van der Waals surface area contributed by atoms with Gasteiger partial charge < -0.3 is 56.8 Å². The minimum atomic E-state index is -0.935. The molecule has 4 unspecified atom stereocenters. The van der Waals surface area contributed by atoms with Crippen LogP contribution in [-0.2, 0) is 115 Å². The average Bonchev–Trinajstić information content (AvgIpc) is 1.55. The van der Waals surface area contributed by atoms with Crippen molar-refractivity contribution in [1.29, 1.82) is 0 Å². The van der Waals surface area contributed by atoms with Crippen LogP contribution in [0.15, 0.2) is 0 Å². The Kier molecular flexibility index (Phi) is 20.8. The van der Waals surface area contributed by atoms with Gasteiger partial charge in [0, 0.05) is 88.1 Å². The second-order valence-corrected chi connectivity index (χ2v) is 36.2. The number of fused-ring (bicyclic) bond motifs is 8. The van der Waals surface area contributed by atoms with Gasteiger partial charge in [-0.15, -0.1) is 0 Å². The van der Waals surface area contributed by atoms with Crippen molar-refractivity contribution in [1.82, 2.24) is 9.80 Å². The Bertz CT molecular complexity index is 2740. The number of nitrogens with zero attached hydrogens (tertiary/aromatic N) is 2. The monoisotopic (exact) mass is 1470 g/mol. The van der Waals surface area contributed by atoms with Gasteiger partial charge in [-0.3, -0.25) is 29.0 Å². The van der Waals surface area contributed by atoms with Gasteiger partial charge in [-0.2, -0.15) is 0 Å². The summed E-state index contributed by atoms with van der Waals surface area (Å²) in [5.74, 6) is -2.99. The average molecular weight is 1470 g/mol. The highest BCUT2D eigenvalue weighted by Gasteiger charge is 2.74. The predicted molar refractivity (Wildman–Crippen MR) is 362 cm³/mol. The zero-order valence-corrected chi connectivity index (χ0v) is 63.8. The fourth-order valence-electron chi connectivity index (χ4n) is 24.0. The van der Waals surface area contributed by atoms with Crippen LogP contribution in [0, 0.1) is 94.7 Å². The first kappa shape index (κ1) is 75.2. The fraction of sp³-hybridized carbons (Fsp3) is 0.949. The van der Waals surface area contributed by atoms with Crippen molar-refractivity contribution in [3.05, 3.63) is 0 Å². The highest BCUT2D eigenvalue weighted by molar-refractivity contribution is 5.76. The molecule has 20 rings (SSSR count). The van der Waals surface area contributed by atoms with E-state index >= 15 is 0 Å². The van der Waals surface area contributed by atoms with E-state index < -0.39 is 94.6 Å². The van der Waals surface area contributed by atoms with E-state index in [-0.39, 0.29) is 161 Å². The van der Waals surface area contributed by atoms with Crippen LogP contribution in [0.5, 0.6) is 0 Å². The Balaban J connectivity index is 0.597. The Morgan fingerprint density at radius 3 is 0.750 bits per heavy atom. The van der Waals surface area contributed by atoms with Crippen LogP contribution in [0.2, 0.25) is 0 Å². The van der Waals surface area contributed by atoms with Gasteiger partial charge in [0.05, 0.1) is 77.0 Å². The van der Waals surface area contributed by atoms with E-state index in [1.54, 1.807) is 9.80 Å². The largest absolute Gasteiger partial charge is 0.465 e. The summed E-state index contributed by atoms with van der Waals surface area (Å²) in [6.45, 7) is 24.5. The maximum absolute atomic E-state index is 14.4. The third-order valence-electron chi connectivity index (χ3n) is 30.0. The first-order valence-electron chi connectivity index (χ1n) is 40.6. The Labute approximate surface area is 613 Å². The van der Waals surface area contributed by atoms with E-state index in [9.17, 15) is 19.2 Å². The van der Waals surface area contributed by atoms with E-state index in [0.29, 0.717) is 75.0 Å². The lowest BCUT2D eigenvalue weighted by molar-refractivity contribution is -0.571. The third-order valence-corrected chi connectivity index (χ3v) is 30.0. The van der Waals surface area contributed by atoms with Gasteiger partial charge in [-0.05, 0) is 176 Å². The van der Waals surface area contributed by atoms with Crippen molar-refractivity contribution >= 4 is 23.9 Å². The zero-order chi connectivity index (χ0) is 72.7. The van der Waals surface area contributed by atoms with E-state index in [4.69, 9.17) is 95.9 Å². The van der Waals surface area contributed by atoms with E-state index in [2.05, 4.69) is 55.4 Å². The first-order valence-corrected chi connectivity index (χ1v) is 40.6. The Morgan fingerprint density at radius 1 is 0.308 bits per heavy atom. The van der Waals surface area contributed by atoms with Gasteiger partial charge in [-0.25, -0.2) is 39.1 Å². The summed E-state index contributed by atoms with van der Waals surface area (Å²) in [5.41, 5.74) is -2.92. The quantitative estimate of drug-likeness (QED) is 0.0523. The van der Waals surface area contributed by atoms with Gasteiger partial charge in [0.1, 0.15) is 0 Å². The molecule has 32 atom stereocenters. The molecule has 0 aromatic carbocycles. The van der Waals surface area contributed by atoms with Crippen molar-refractivity contribution in [2.45, 2.75) is 307 Å². The standard InChI is InChI=1S/C78H120N2O24/c1-43-13-17-55-47(5)59(89-67-75(55)51(43)21-29-71(9,93-67)97-101-75)25-35-85-63(81)39-79(40-64(82)86-36-26-60-48(6)56-18-14-44(2)52-22-30-72(10)94-68(90-60)76(52,56)102-98-72)33-34-80(41-65(83)87-37-27-61-49(7)57-19-15-45(3)53-23-31-73(11)95-69(91-61)77(53,57)103-99-73)42-66(84)88-38-28-62-50(8)58-20-16-46(4)54-24-32-74(12)96-70(92-62)78(54,58)104-100-74/h43-62,67-70H,13-42H2,1-12H3/t43-,44-,45-,46-,47-,48-,49-,50-,51+,52+,53+,54+,55+,56+,57+,58+,59?,60?,61?,62?,67-,68-,69-,70-,71-,72-,73+,74+,75-,76-,77-,78-/m1/s1. The van der Waals surface area contributed by atoms with Crippen LogP contribution in [0.4, 0.5) is 0 Å². The lowest BCUT2D eigenvalue weighted by Crippen LogP contribution is -2.70. The van der Waals surface area contributed by atoms with Crippen molar-refractivity contribution in [2.75, 3.05) is 65.7 Å². The molecule has 4 spiro atoms. The second-order valence-electron chi connectivity index (χ2n) is 36.2. The van der Waals surface area contributed by atoms with Crippen molar-refractivity contribution in [3.8, 4) is 0 Å². The van der Waals surface area contributed by atoms with Crippen LogP contribution in [0.25, 0.3) is 0 Å². The molecule has 0 aromatic rings. The molecule has 8 bridgehead atoms. The lowest BCUT2D eigenvalue weighted by atomic mass is 9.57. The molecule has 4 aliphatic carbocycles. The Hall–Kier alpha value is -2.84. The van der Waals surface area contributed by atoms with Gasteiger partial charge in [0.15, 0.2) is 47.6 Å². The number of hydrogen-bond donors (Lipinski definition) is 0. The molecule has 0 N–H and O–H groups in total. The summed E-state index contributed by atoms with van der Waals surface area (Å²) >= 11 is 0. The van der Waals surface area contributed by atoms with Crippen LogP contribution in [0.3, 0.4) is 0 Å². The molecule has 26 heteroatoms. The predicted octanol–water partition coefficient (Wildman–Crippen LogP) is 10.3. The molecule has 26 nitrogen and oxygen atoms in total. The molecule has 0 aromatic heterocycles. The number of ether oxygens (including phenoxy) is 12. The minimum Gasteiger partial charge on any atom is -0.465 e. The molecular weight excluding hydrogens is 1350 g/mol. The topological polar surface area (TPSA) is 259 Å². The lowest BCUT2D eigenvalue weighted by Gasteiger charge is -2.60. The van der Waals surface area contributed by atoms with Crippen molar-refractivity contribution < 1.29 is 115 Å². The summed E-state index contributed by atoms with van der Waals surface area (Å²) in [4.78, 5) is 111. The highest BCUT2D eigenvalue weighted by atomic mass is 17.3. The van der Waals surface area contributed by atoms with Crippen molar-refractivity contribution in [2.24, 2.45) is 94.7 Å². The SMILES string of the molecule is C[C@@H]1CC[C@H]2[C@@H](C)C(CCOC(=O)CN(CCN(CC(=O)OCCC3O[C@@H]4O[C@]5(C)CC[C@H]6[C@H](C)CC[C@@H]([C@H]3C)[C@@]46OO5)CC(=O)OCCC3O[C@@H]4O[C@]5(C)CC[C@H]6[C@H](C)CC[C@@H]([C@H]3C)[C@@]46OO5)CC(=O)OCCC3O[C@@H]4O[C@@]5(C)CC[C@H]6[C@H](C)CC[C@@H]([C@H]3C)[C@@]46OO5)O[C@@H]3O[C@@]4(C)CC[C@@H]1[C@]32OO4. The van der Waals surface area contributed by atoms with Crippen LogP contribution >= 0.6 is 0 Å².